The minimum Gasteiger partial charge on any atom is -0.0654 e. The summed E-state index contributed by atoms with van der Waals surface area (Å²) in [5.41, 5.74) is 0.682. The van der Waals surface area contributed by atoms with Crippen LogP contribution in [0.3, 0.4) is 0 Å². The van der Waals surface area contributed by atoms with Crippen LogP contribution in [0.4, 0.5) is 0 Å². The zero-order valence-electron chi connectivity index (χ0n) is 13.4. The van der Waals surface area contributed by atoms with E-state index in [1.807, 2.05) is 0 Å². The number of unbranched alkanes of at least 4 members (excludes halogenated alkanes) is 3. The molecule has 0 aromatic rings. The van der Waals surface area contributed by atoms with Crippen molar-refractivity contribution in [2.45, 2.75) is 98.3 Å². The topological polar surface area (TPSA) is 0 Å². The van der Waals surface area contributed by atoms with Gasteiger partial charge in [0.05, 0.1) is 0 Å². The Kier molecular flexibility index (Phi) is 7.34. The molecule has 1 aliphatic carbocycles. The van der Waals surface area contributed by atoms with Crippen LogP contribution >= 0.6 is 0 Å². The Morgan fingerprint density at radius 1 is 0.889 bits per heavy atom. The summed E-state index contributed by atoms with van der Waals surface area (Å²) in [5.74, 6) is 1.90. The second-order valence-electron chi connectivity index (χ2n) is 7.29. The van der Waals surface area contributed by atoms with E-state index >= 15 is 0 Å². The molecule has 0 N–H and O–H groups in total. The van der Waals surface area contributed by atoms with Gasteiger partial charge in [-0.3, -0.25) is 0 Å². The van der Waals surface area contributed by atoms with Crippen molar-refractivity contribution >= 4 is 0 Å². The molecule has 1 aliphatic rings. The predicted octanol–water partition coefficient (Wildman–Crippen LogP) is 6.59. The smallest absolute Gasteiger partial charge is 0.0300 e. The van der Waals surface area contributed by atoms with Gasteiger partial charge in [-0.15, -0.1) is 0 Å². The third-order valence-corrected chi connectivity index (χ3v) is 5.58. The molecule has 108 valence electrons. The molecule has 0 bridgehead atoms. The maximum absolute atomic E-state index is 2.54. The monoisotopic (exact) mass is 252 g/mol. The summed E-state index contributed by atoms with van der Waals surface area (Å²) in [6.07, 6.45) is 16.0. The molecular formula is C18H36. The molecule has 0 spiro atoms. The first-order valence-corrected chi connectivity index (χ1v) is 8.58. The van der Waals surface area contributed by atoms with Crippen LogP contribution in [0.5, 0.6) is 0 Å². The highest BCUT2D eigenvalue weighted by atomic mass is 14.4. The van der Waals surface area contributed by atoms with Gasteiger partial charge in [-0.25, -0.2) is 0 Å². The molecule has 0 radical (unpaired) electrons. The van der Waals surface area contributed by atoms with E-state index in [-0.39, 0.29) is 0 Å². The van der Waals surface area contributed by atoms with Crippen molar-refractivity contribution in [3.8, 4) is 0 Å². The van der Waals surface area contributed by atoms with Crippen molar-refractivity contribution in [1.82, 2.24) is 0 Å². The minimum atomic E-state index is 0.682. The van der Waals surface area contributed by atoms with Crippen LogP contribution in [0.15, 0.2) is 0 Å². The Labute approximate surface area is 116 Å². The first-order valence-electron chi connectivity index (χ1n) is 8.58. The van der Waals surface area contributed by atoms with Crippen LogP contribution in [-0.2, 0) is 0 Å². The summed E-state index contributed by atoms with van der Waals surface area (Å²) < 4.78 is 0. The number of rotatable bonds is 9. The standard InChI is InChI=1S/C18H36/c1-5-6-7-8-11-16(2)12-13-17(3)18(4)14-9-10-15-18/h16-17H,5-15H2,1-4H3. The van der Waals surface area contributed by atoms with E-state index in [4.69, 9.17) is 0 Å². The third-order valence-electron chi connectivity index (χ3n) is 5.58. The van der Waals surface area contributed by atoms with Gasteiger partial charge in [0, 0.05) is 0 Å². The van der Waals surface area contributed by atoms with Crippen LogP contribution in [-0.4, -0.2) is 0 Å². The predicted molar refractivity (Wildman–Crippen MR) is 82.9 cm³/mol. The van der Waals surface area contributed by atoms with Crippen LogP contribution in [0.25, 0.3) is 0 Å². The van der Waals surface area contributed by atoms with Crippen LogP contribution in [0, 0.1) is 17.3 Å². The van der Waals surface area contributed by atoms with E-state index in [0.717, 1.165) is 11.8 Å². The zero-order chi connectivity index (χ0) is 13.4. The van der Waals surface area contributed by atoms with Gasteiger partial charge in [-0.1, -0.05) is 79.1 Å². The van der Waals surface area contributed by atoms with Gasteiger partial charge < -0.3 is 0 Å². The quantitative estimate of drug-likeness (QED) is 0.406. The van der Waals surface area contributed by atoms with Crippen molar-refractivity contribution in [1.29, 1.82) is 0 Å². The molecule has 0 heteroatoms. The molecular weight excluding hydrogens is 216 g/mol. The highest BCUT2D eigenvalue weighted by Gasteiger charge is 2.33. The van der Waals surface area contributed by atoms with Crippen molar-refractivity contribution in [2.75, 3.05) is 0 Å². The summed E-state index contributed by atoms with van der Waals surface area (Å²) in [5, 5.41) is 0. The lowest BCUT2D eigenvalue weighted by Crippen LogP contribution is -2.22. The van der Waals surface area contributed by atoms with Gasteiger partial charge in [0.25, 0.3) is 0 Å². The van der Waals surface area contributed by atoms with Gasteiger partial charge >= 0.3 is 0 Å². The van der Waals surface area contributed by atoms with E-state index in [1.54, 1.807) is 0 Å². The van der Waals surface area contributed by atoms with Gasteiger partial charge in [-0.05, 0) is 36.5 Å². The molecule has 1 saturated carbocycles. The molecule has 2 atom stereocenters. The zero-order valence-corrected chi connectivity index (χ0v) is 13.4. The molecule has 0 heterocycles. The van der Waals surface area contributed by atoms with Gasteiger partial charge in [0.1, 0.15) is 0 Å². The summed E-state index contributed by atoms with van der Waals surface area (Å²) in [6.45, 7) is 9.81. The van der Waals surface area contributed by atoms with E-state index in [2.05, 4.69) is 27.7 Å². The third kappa shape index (κ3) is 5.33. The Hall–Kier alpha value is 0. The van der Waals surface area contributed by atoms with Gasteiger partial charge in [-0.2, -0.15) is 0 Å². The molecule has 0 saturated heterocycles. The fourth-order valence-corrected chi connectivity index (χ4v) is 3.62. The summed E-state index contributed by atoms with van der Waals surface area (Å²) in [4.78, 5) is 0. The lowest BCUT2D eigenvalue weighted by Gasteiger charge is -2.32. The van der Waals surface area contributed by atoms with Crippen molar-refractivity contribution < 1.29 is 0 Å². The molecule has 0 nitrogen and oxygen atoms in total. The lowest BCUT2D eigenvalue weighted by atomic mass is 9.73. The molecule has 0 amide bonds. The van der Waals surface area contributed by atoms with E-state index < -0.39 is 0 Å². The average molecular weight is 252 g/mol. The van der Waals surface area contributed by atoms with E-state index in [9.17, 15) is 0 Å². The fraction of sp³-hybridized carbons (Fsp3) is 1.00. The Morgan fingerprint density at radius 2 is 1.56 bits per heavy atom. The van der Waals surface area contributed by atoms with Crippen LogP contribution in [0.1, 0.15) is 98.3 Å². The SMILES string of the molecule is CCCCCCC(C)CCC(C)C1(C)CCCC1. The molecule has 0 aromatic heterocycles. The van der Waals surface area contributed by atoms with Crippen LogP contribution < -0.4 is 0 Å². The maximum Gasteiger partial charge on any atom is -0.0300 e. The molecule has 0 aromatic carbocycles. The molecule has 1 fully saturated rings. The second-order valence-corrected chi connectivity index (χ2v) is 7.29. The Bertz CT molecular complexity index is 200. The number of hydrogen-bond acceptors (Lipinski definition) is 0. The van der Waals surface area contributed by atoms with Crippen molar-refractivity contribution in [2.24, 2.45) is 17.3 Å². The highest BCUT2D eigenvalue weighted by molar-refractivity contribution is 4.85. The largest absolute Gasteiger partial charge is 0.0654 e. The molecule has 2 unspecified atom stereocenters. The summed E-state index contributed by atoms with van der Waals surface area (Å²) in [6, 6.07) is 0. The van der Waals surface area contributed by atoms with E-state index in [1.165, 1.54) is 70.6 Å². The molecule has 18 heavy (non-hydrogen) atoms. The summed E-state index contributed by atoms with van der Waals surface area (Å²) >= 11 is 0. The second kappa shape index (κ2) is 8.23. The van der Waals surface area contributed by atoms with Crippen molar-refractivity contribution in [3.63, 3.8) is 0 Å². The first-order chi connectivity index (χ1) is 8.58. The lowest BCUT2D eigenvalue weighted by molar-refractivity contribution is 0.187. The maximum atomic E-state index is 2.54. The van der Waals surface area contributed by atoms with Crippen LogP contribution in [0.2, 0.25) is 0 Å². The summed E-state index contributed by atoms with van der Waals surface area (Å²) in [7, 11) is 0. The highest BCUT2D eigenvalue weighted by Crippen LogP contribution is 2.45. The van der Waals surface area contributed by atoms with Crippen molar-refractivity contribution in [3.05, 3.63) is 0 Å². The Morgan fingerprint density at radius 3 is 2.17 bits per heavy atom. The van der Waals surface area contributed by atoms with Gasteiger partial charge in [0.15, 0.2) is 0 Å². The first kappa shape index (κ1) is 16.1. The minimum absolute atomic E-state index is 0.682. The van der Waals surface area contributed by atoms with E-state index in [0.29, 0.717) is 5.41 Å². The number of hydrogen-bond donors (Lipinski definition) is 0. The average Bonchev–Trinajstić information content (AvgIpc) is 2.80. The Balaban J connectivity index is 2.11. The molecule has 1 rings (SSSR count). The van der Waals surface area contributed by atoms with Gasteiger partial charge in [0.2, 0.25) is 0 Å². The fourth-order valence-electron chi connectivity index (χ4n) is 3.62. The normalized spacial score (nSPS) is 22.0. The molecule has 0 aliphatic heterocycles.